The average Bonchev–Trinajstić information content (AvgIpc) is 3.71. The molecule has 0 unspecified atom stereocenters. The summed E-state index contributed by atoms with van der Waals surface area (Å²) in [6.45, 7) is 22.7. The average molecular weight is 763 g/mol. The number of rotatable bonds is 6. The Kier molecular flexibility index (Phi) is 9.20. The van der Waals surface area contributed by atoms with E-state index in [2.05, 4.69) is 194 Å². The summed E-state index contributed by atoms with van der Waals surface area (Å²) in [6.07, 6.45) is 1.81. The Labute approximate surface area is 350 Å². The zero-order valence-electron chi connectivity index (χ0n) is 35.0. The van der Waals surface area contributed by atoms with Gasteiger partial charge in [-0.25, -0.2) is 9.98 Å². The molecular weight excluding hydrogens is 713 g/mol. The highest BCUT2D eigenvalue weighted by Crippen LogP contribution is 2.63. The van der Waals surface area contributed by atoms with E-state index in [0.717, 1.165) is 33.5 Å². The fraction of sp³-hybridized carbons (Fsp3) is 0.158. The van der Waals surface area contributed by atoms with Crippen molar-refractivity contribution >= 4 is 17.2 Å². The van der Waals surface area contributed by atoms with E-state index in [0.29, 0.717) is 11.5 Å². The molecule has 0 atom stereocenters. The van der Waals surface area contributed by atoms with Gasteiger partial charge in [0.15, 0.2) is 5.84 Å². The van der Waals surface area contributed by atoms with E-state index in [1.165, 1.54) is 55.6 Å². The van der Waals surface area contributed by atoms with Crippen LogP contribution in [0, 0.1) is 0 Å². The lowest BCUT2D eigenvalue weighted by Crippen LogP contribution is -2.27. The van der Waals surface area contributed by atoms with Crippen LogP contribution < -0.4 is 0 Å². The van der Waals surface area contributed by atoms with Crippen LogP contribution in [0.1, 0.15) is 91.6 Å². The summed E-state index contributed by atoms with van der Waals surface area (Å²) in [6, 6.07) is 59.2. The van der Waals surface area contributed by atoms with Gasteiger partial charge in [-0.1, -0.05) is 206 Å². The lowest BCUT2D eigenvalue weighted by atomic mass is 9.68. The van der Waals surface area contributed by atoms with E-state index in [4.69, 9.17) is 9.98 Å². The van der Waals surface area contributed by atoms with Gasteiger partial charge < -0.3 is 0 Å². The highest BCUT2D eigenvalue weighted by Gasteiger charge is 2.52. The number of benzene rings is 7. The molecule has 9 rings (SSSR count). The Morgan fingerprint density at radius 3 is 1.58 bits per heavy atom. The summed E-state index contributed by atoms with van der Waals surface area (Å²) < 4.78 is 0. The molecule has 59 heavy (non-hydrogen) atoms. The van der Waals surface area contributed by atoms with Crippen molar-refractivity contribution in [3.05, 3.63) is 233 Å². The zero-order valence-corrected chi connectivity index (χ0v) is 35.0. The summed E-state index contributed by atoms with van der Waals surface area (Å²) in [5.41, 5.74) is 19.0. The van der Waals surface area contributed by atoms with Crippen LogP contribution in [0.2, 0.25) is 0 Å². The maximum Gasteiger partial charge on any atom is 0.160 e. The van der Waals surface area contributed by atoms with Crippen molar-refractivity contribution in [1.29, 1.82) is 0 Å². The monoisotopic (exact) mass is 762 g/mol. The molecule has 2 heteroatoms. The minimum Gasteiger partial charge on any atom is -0.229 e. The standard InChI is InChI=1S/C57H50N2/c1-9-53(42-24-18-23-41(33-42)38-19-12-10-13-20-38)59-54(39-21-14-11-15-22-39)58-37(2)40-27-30-46-45-25-16-17-26-49(45)57(50(46)34-40)51-35-43(55(3,4)5)28-31-47(51)48-32-29-44(36-52(48)57)56(6,7)8/h9-36H,1-2H2,3-8H3/b58-54-,59-53+. The van der Waals surface area contributed by atoms with Crippen LogP contribution in [0.25, 0.3) is 39.1 Å². The summed E-state index contributed by atoms with van der Waals surface area (Å²) in [5, 5.41) is 0. The van der Waals surface area contributed by atoms with Crippen molar-refractivity contribution in [2.45, 2.75) is 57.8 Å². The fourth-order valence-electron chi connectivity index (χ4n) is 9.06. The van der Waals surface area contributed by atoms with E-state index >= 15 is 0 Å². The van der Waals surface area contributed by atoms with E-state index in [-0.39, 0.29) is 10.8 Å². The normalized spacial score (nSPS) is 14.1. The SMILES string of the molecule is C=C/C(=N\C(=N/C(=C)c1ccc2c(c1)C1(c3ccccc3-2)c2cc(C(C)(C)C)ccc2-c2ccc(C(C)(C)C)cc21)c1ccccc1)c1cccc(-c2ccccc2)c1. The van der Waals surface area contributed by atoms with Gasteiger partial charge in [0, 0.05) is 11.1 Å². The minimum absolute atomic E-state index is 0.0190. The number of amidine groups is 1. The summed E-state index contributed by atoms with van der Waals surface area (Å²) >= 11 is 0. The van der Waals surface area contributed by atoms with Gasteiger partial charge in [-0.15, -0.1) is 0 Å². The van der Waals surface area contributed by atoms with Crippen molar-refractivity contribution < 1.29 is 0 Å². The van der Waals surface area contributed by atoms with Crippen molar-refractivity contribution in [3.63, 3.8) is 0 Å². The number of aliphatic imine (C=N–C) groups is 2. The molecule has 2 aliphatic rings. The lowest BCUT2D eigenvalue weighted by Gasteiger charge is -2.33. The minimum atomic E-state index is -0.515. The van der Waals surface area contributed by atoms with Crippen LogP contribution >= 0.6 is 0 Å². The molecule has 2 nitrogen and oxygen atoms in total. The first-order valence-corrected chi connectivity index (χ1v) is 20.6. The summed E-state index contributed by atoms with van der Waals surface area (Å²) in [4.78, 5) is 10.5. The highest BCUT2D eigenvalue weighted by atomic mass is 14.9. The van der Waals surface area contributed by atoms with E-state index in [1.54, 1.807) is 0 Å². The van der Waals surface area contributed by atoms with Crippen molar-refractivity contribution in [2.24, 2.45) is 9.98 Å². The van der Waals surface area contributed by atoms with Crippen LogP contribution in [0.4, 0.5) is 0 Å². The summed E-state index contributed by atoms with van der Waals surface area (Å²) in [5.74, 6) is 0.579. The number of hydrogen-bond acceptors (Lipinski definition) is 1. The molecule has 1 spiro atoms. The maximum absolute atomic E-state index is 5.27. The second-order valence-corrected chi connectivity index (χ2v) is 18.0. The smallest absolute Gasteiger partial charge is 0.160 e. The molecule has 0 bridgehead atoms. The second kappa shape index (κ2) is 14.3. The van der Waals surface area contributed by atoms with Crippen molar-refractivity contribution in [2.75, 3.05) is 0 Å². The topological polar surface area (TPSA) is 24.7 Å². The molecule has 0 saturated carbocycles. The van der Waals surface area contributed by atoms with Gasteiger partial charge >= 0.3 is 0 Å². The second-order valence-electron chi connectivity index (χ2n) is 18.0. The van der Waals surface area contributed by atoms with E-state index in [1.807, 2.05) is 30.3 Å². The third-order valence-electron chi connectivity index (χ3n) is 12.2. The maximum atomic E-state index is 5.27. The van der Waals surface area contributed by atoms with Crippen molar-refractivity contribution in [1.82, 2.24) is 0 Å². The predicted molar refractivity (Wildman–Crippen MR) is 251 cm³/mol. The van der Waals surface area contributed by atoms with Gasteiger partial charge in [-0.2, -0.15) is 0 Å². The molecule has 0 amide bonds. The van der Waals surface area contributed by atoms with E-state index < -0.39 is 5.41 Å². The Morgan fingerprint density at radius 2 is 0.966 bits per heavy atom. The molecule has 0 radical (unpaired) electrons. The Bertz CT molecular complexity index is 2790. The van der Waals surface area contributed by atoms with E-state index in [9.17, 15) is 0 Å². The molecule has 0 aromatic heterocycles. The molecule has 0 N–H and O–H groups in total. The Balaban J connectivity index is 1.23. The predicted octanol–water partition coefficient (Wildman–Crippen LogP) is 14.4. The molecule has 288 valence electrons. The molecule has 0 aliphatic heterocycles. The highest BCUT2D eigenvalue weighted by molar-refractivity contribution is 6.17. The quantitative estimate of drug-likeness (QED) is 0.119. The third-order valence-corrected chi connectivity index (χ3v) is 12.2. The zero-order chi connectivity index (χ0) is 41.1. The molecule has 0 saturated heterocycles. The first-order chi connectivity index (χ1) is 28.4. The molecular formula is C57H50N2. The van der Waals surface area contributed by atoms with Crippen LogP contribution in [-0.2, 0) is 16.2 Å². The Hall–Kier alpha value is -6.64. The molecule has 7 aromatic rings. The van der Waals surface area contributed by atoms with Gasteiger partial charge in [-0.3, -0.25) is 0 Å². The largest absolute Gasteiger partial charge is 0.229 e. The number of nitrogens with zero attached hydrogens (tertiary/aromatic N) is 2. The summed E-state index contributed by atoms with van der Waals surface area (Å²) in [7, 11) is 0. The van der Waals surface area contributed by atoms with Gasteiger partial charge in [0.1, 0.15) is 0 Å². The van der Waals surface area contributed by atoms with Gasteiger partial charge in [0.2, 0.25) is 0 Å². The fourth-order valence-corrected chi connectivity index (χ4v) is 9.06. The molecule has 2 aliphatic carbocycles. The van der Waals surface area contributed by atoms with Crippen LogP contribution in [0.5, 0.6) is 0 Å². The Morgan fingerprint density at radius 1 is 0.458 bits per heavy atom. The van der Waals surface area contributed by atoms with Crippen LogP contribution in [0.3, 0.4) is 0 Å². The molecule has 7 aromatic carbocycles. The van der Waals surface area contributed by atoms with Crippen LogP contribution in [-0.4, -0.2) is 11.5 Å². The lowest BCUT2D eigenvalue weighted by molar-refractivity contribution is 0.586. The van der Waals surface area contributed by atoms with Crippen molar-refractivity contribution in [3.8, 4) is 33.4 Å². The van der Waals surface area contributed by atoms with Gasteiger partial charge in [0.25, 0.3) is 0 Å². The van der Waals surface area contributed by atoms with Gasteiger partial charge in [-0.05, 0) is 101 Å². The number of hydrogen-bond donors (Lipinski definition) is 0. The van der Waals surface area contributed by atoms with Crippen LogP contribution in [0.15, 0.2) is 193 Å². The first kappa shape index (κ1) is 37.9. The number of fused-ring (bicyclic) bond motifs is 10. The molecule has 0 heterocycles. The van der Waals surface area contributed by atoms with Gasteiger partial charge in [0.05, 0.1) is 16.8 Å². The first-order valence-electron chi connectivity index (χ1n) is 20.6. The molecule has 0 fully saturated rings. The number of allylic oxidation sites excluding steroid dienone is 1. The third kappa shape index (κ3) is 6.44.